The van der Waals surface area contributed by atoms with E-state index in [9.17, 15) is 4.79 Å². The van der Waals surface area contributed by atoms with Gasteiger partial charge in [-0.05, 0) is 58.4 Å². The standard InChI is InChI=1S/C17H28N2O2/c1-6-10-18-13(4)15-8-7-9-16(11-15)21-14(5)17(20)19-12(2)3/h7-9,11-14,18H,6,10H2,1-5H3,(H,19,20). The first-order valence-electron chi connectivity index (χ1n) is 7.74. The molecule has 2 N–H and O–H groups in total. The van der Waals surface area contributed by atoms with Crippen molar-refractivity contribution in [2.45, 2.75) is 59.2 Å². The summed E-state index contributed by atoms with van der Waals surface area (Å²) in [5.41, 5.74) is 1.16. The smallest absolute Gasteiger partial charge is 0.260 e. The summed E-state index contributed by atoms with van der Waals surface area (Å²) >= 11 is 0. The minimum atomic E-state index is -0.499. The summed E-state index contributed by atoms with van der Waals surface area (Å²) in [6.45, 7) is 10.9. The molecule has 0 spiro atoms. The summed E-state index contributed by atoms with van der Waals surface area (Å²) in [6, 6.07) is 8.30. The second-order valence-corrected chi connectivity index (χ2v) is 5.67. The molecular weight excluding hydrogens is 264 g/mol. The molecule has 4 nitrogen and oxygen atoms in total. The molecule has 0 aliphatic rings. The molecule has 1 aromatic carbocycles. The second-order valence-electron chi connectivity index (χ2n) is 5.67. The third kappa shape index (κ3) is 6.17. The van der Waals surface area contributed by atoms with E-state index in [-0.39, 0.29) is 18.0 Å². The van der Waals surface area contributed by atoms with Gasteiger partial charge in [-0.25, -0.2) is 0 Å². The molecule has 1 aromatic rings. The van der Waals surface area contributed by atoms with Gasteiger partial charge in [-0.2, -0.15) is 0 Å². The van der Waals surface area contributed by atoms with Crippen LogP contribution in [0.5, 0.6) is 5.75 Å². The van der Waals surface area contributed by atoms with Crippen LogP contribution in [-0.4, -0.2) is 24.6 Å². The van der Waals surface area contributed by atoms with E-state index in [0.717, 1.165) is 24.3 Å². The second kappa shape index (κ2) is 8.67. The Bertz CT molecular complexity index is 446. The molecule has 0 aliphatic heterocycles. The predicted octanol–water partition coefficient (Wildman–Crippen LogP) is 3.04. The number of hydrogen-bond acceptors (Lipinski definition) is 3. The van der Waals surface area contributed by atoms with E-state index >= 15 is 0 Å². The van der Waals surface area contributed by atoms with Crippen molar-refractivity contribution in [1.29, 1.82) is 0 Å². The van der Waals surface area contributed by atoms with Gasteiger partial charge in [-0.1, -0.05) is 19.1 Å². The summed E-state index contributed by atoms with van der Waals surface area (Å²) in [7, 11) is 0. The van der Waals surface area contributed by atoms with Crippen molar-refractivity contribution in [1.82, 2.24) is 10.6 Å². The van der Waals surface area contributed by atoms with E-state index in [0.29, 0.717) is 0 Å². The van der Waals surface area contributed by atoms with Gasteiger partial charge in [0.25, 0.3) is 5.91 Å². The van der Waals surface area contributed by atoms with Crippen molar-refractivity contribution in [2.24, 2.45) is 0 Å². The maximum atomic E-state index is 11.9. The predicted molar refractivity (Wildman–Crippen MR) is 86.5 cm³/mol. The fourth-order valence-electron chi connectivity index (χ4n) is 2.00. The average Bonchev–Trinajstić information content (AvgIpc) is 2.44. The molecule has 1 amide bonds. The van der Waals surface area contributed by atoms with Crippen LogP contribution in [0.15, 0.2) is 24.3 Å². The van der Waals surface area contributed by atoms with Crippen LogP contribution < -0.4 is 15.4 Å². The zero-order valence-corrected chi connectivity index (χ0v) is 13.8. The van der Waals surface area contributed by atoms with E-state index in [2.05, 4.69) is 30.5 Å². The van der Waals surface area contributed by atoms with Crippen molar-refractivity contribution >= 4 is 5.91 Å². The molecule has 0 fully saturated rings. The number of rotatable bonds is 8. The van der Waals surface area contributed by atoms with Crippen LogP contribution in [0.1, 0.15) is 52.6 Å². The Morgan fingerprint density at radius 2 is 1.95 bits per heavy atom. The Labute approximate surface area is 128 Å². The van der Waals surface area contributed by atoms with E-state index in [1.807, 2.05) is 32.0 Å². The lowest BCUT2D eigenvalue weighted by Crippen LogP contribution is -2.40. The SMILES string of the molecule is CCCNC(C)c1cccc(OC(C)C(=O)NC(C)C)c1. The number of carbonyl (C=O) groups excluding carboxylic acids is 1. The average molecular weight is 292 g/mol. The van der Waals surface area contributed by atoms with Gasteiger partial charge < -0.3 is 15.4 Å². The molecule has 0 aliphatic carbocycles. The van der Waals surface area contributed by atoms with Crippen molar-refractivity contribution in [2.75, 3.05) is 6.54 Å². The van der Waals surface area contributed by atoms with Crippen LogP contribution in [0.2, 0.25) is 0 Å². The quantitative estimate of drug-likeness (QED) is 0.774. The topological polar surface area (TPSA) is 50.4 Å². The third-order valence-corrected chi connectivity index (χ3v) is 3.17. The lowest BCUT2D eigenvalue weighted by atomic mass is 10.1. The Morgan fingerprint density at radius 1 is 1.24 bits per heavy atom. The normalized spacial score (nSPS) is 13.8. The molecule has 0 bridgehead atoms. The Balaban J connectivity index is 2.65. The highest BCUT2D eigenvalue weighted by Crippen LogP contribution is 2.20. The molecule has 0 saturated heterocycles. The largest absolute Gasteiger partial charge is 0.481 e. The third-order valence-electron chi connectivity index (χ3n) is 3.17. The van der Waals surface area contributed by atoms with E-state index < -0.39 is 6.10 Å². The first-order chi connectivity index (χ1) is 9.93. The van der Waals surface area contributed by atoms with Gasteiger partial charge in [0.05, 0.1) is 0 Å². The maximum absolute atomic E-state index is 11.9. The Morgan fingerprint density at radius 3 is 2.57 bits per heavy atom. The van der Waals surface area contributed by atoms with Crippen LogP contribution in [0.3, 0.4) is 0 Å². The van der Waals surface area contributed by atoms with Crippen molar-refractivity contribution in [3.05, 3.63) is 29.8 Å². The number of benzene rings is 1. The van der Waals surface area contributed by atoms with Gasteiger partial charge in [-0.15, -0.1) is 0 Å². The molecule has 21 heavy (non-hydrogen) atoms. The monoisotopic (exact) mass is 292 g/mol. The van der Waals surface area contributed by atoms with E-state index in [4.69, 9.17) is 4.74 Å². The van der Waals surface area contributed by atoms with Gasteiger partial charge >= 0.3 is 0 Å². The minimum Gasteiger partial charge on any atom is -0.481 e. The lowest BCUT2D eigenvalue weighted by molar-refractivity contribution is -0.127. The molecule has 4 heteroatoms. The Hall–Kier alpha value is -1.55. The number of amides is 1. The van der Waals surface area contributed by atoms with Gasteiger partial charge in [0.2, 0.25) is 0 Å². The maximum Gasteiger partial charge on any atom is 0.260 e. The van der Waals surface area contributed by atoms with E-state index in [1.165, 1.54) is 0 Å². The van der Waals surface area contributed by atoms with Crippen molar-refractivity contribution in [3.8, 4) is 5.75 Å². The first kappa shape index (κ1) is 17.5. The zero-order chi connectivity index (χ0) is 15.8. The summed E-state index contributed by atoms with van der Waals surface area (Å²) in [4.78, 5) is 11.9. The molecule has 0 aromatic heterocycles. The van der Waals surface area contributed by atoms with Crippen molar-refractivity contribution < 1.29 is 9.53 Å². The van der Waals surface area contributed by atoms with Crippen LogP contribution in [0.4, 0.5) is 0 Å². The lowest BCUT2D eigenvalue weighted by Gasteiger charge is -2.18. The molecule has 0 radical (unpaired) electrons. The summed E-state index contributed by atoms with van der Waals surface area (Å²) in [6.07, 6.45) is 0.606. The molecular formula is C17H28N2O2. The van der Waals surface area contributed by atoms with Crippen molar-refractivity contribution in [3.63, 3.8) is 0 Å². The first-order valence-corrected chi connectivity index (χ1v) is 7.74. The molecule has 2 atom stereocenters. The number of nitrogens with one attached hydrogen (secondary N) is 2. The molecule has 2 unspecified atom stereocenters. The van der Waals surface area contributed by atoms with Gasteiger partial charge in [0, 0.05) is 12.1 Å². The number of hydrogen-bond donors (Lipinski definition) is 2. The molecule has 118 valence electrons. The van der Waals surface area contributed by atoms with Gasteiger partial charge in [-0.3, -0.25) is 4.79 Å². The van der Waals surface area contributed by atoms with Gasteiger partial charge in [0.15, 0.2) is 6.10 Å². The molecule has 0 saturated carbocycles. The highest BCUT2D eigenvalue weighted by atomic mass is 16.5. The van der Waals surface area contributed by atoms with Crippen LogP contribution in [0, 0.1) is 0 Å². The van der Waals surface area contributed by atoms with E-state index in [1.54, 1.807) is 6.92 Å². The molecule has 0 heterocycles. The van der Waals surface area contributed by atoms with Crippen LogP contribution in [0.25, 0.3) is 0 Å². The number of ether oxygens (including phenoxy) is 1. The summed E-state index contributed by atoms with van der Waals surface area (Å²) in [5.74, 6) is 0.636. The summed E-state index contributed by atoms with van der Waals surface area (Å²) < 4.78 is 5.73. The van der Waals surface area contributed by atoms with Gasteiger partial charge in [0.1, 0.15) is 5.75 Å². The Kier molecular flexibility index (Phi) is 7.23. The fraction of sp³-hybridized carbons (Fsp3) is 0.588. The number of carbonyl (C=O) groups is 1. The van der Waals surface area contributed by atoms with Crippen LogP contribution >= 0.6 is 0 Å². The highest BCUT2D eigenvalue weighted by molar-refractivity contribution is 5.80. The van der Waals surface area contributed by atoms with Crippen LogP contribution in [-0.2, 0) is 4.79 Å². The molecule has 1 rings (SSSR count). The zero-order valence-electron chi connectivity index (χ0n) is 13.8. The highest BCUT2D eigenvalue weighted by Gasteiger charge is 2.15. The fourth-order valence-corrected chi connectivity index (χ4v) is 2.00. The minimum absolute atomic E-state index is 0.0902. The summed E-state index contributed by atoms with van der Waals surface area (Å²) in [5, 5.41) is 6.29.